The standard InChI is InChI=1S/C15H22O/c1-10(2)11-5-7-13-12(9-11)6-8-14(16)15(13,3)4/h11H,1,5-9H2,2-4H3. The van der Waals surface area contributed by atoms with Crippen molar-refractivity contribution in [2.24, 2.45) is 11.3 Å². The molecule has 0 aromatic rings. The molecule has 1 heteroatoms. The first-order valence-electron chi connectivity index (χ1n) is 6.33. The first kappa shape index (κ1) is 11.6. The highest BCUT2D eigenvalue weighted by Gasteiger charge is 2.39. The number of ketones is 1. The van der Waals surface area contributed by atoms with Crippen molar-refractivity contribution < 1.29 is 4.79 Å². The van der Waals surface area contributed by atoms with Crippen LogP contribution in [-0.4, -0.2) is 5.78 Å². The molecule has 1 atom stereocenters. The van der Waals surface area contributed by atoms with E-state index in [2.05, 4.69) is 27.4 Å². The maximum absolute atomic E-state index is 11.9. The van der Waals surface area contributed by atoms with Gasteiger partial charge >= 0.3 is 0 Å². The van der Waals surface area contributed by atoms with Crippen LogP contribution in [-0.2, 0) is 4.79 Å². The Hall–Kier alpha value is -0.850. The van der Waals surface area contributed by atoms with Gasteiger partial charge in [0, 0.05) is 11.8 Å². The van der Waals surface area contributed by atoms with E-state index >= 15 is 0 Å². The van der Waals surface area contributed by atoms with Crippen molar-refractivity contribution in [2.75, 3.05) is 0 Å². The molecule has 0 saturated heterocycles. The van der Waals surface area contributed by atoms with E-state index in [0.29, 0.717) is 11.7 Å². The van der Waals surface area contributed by atoms with Crippen molar-refractivity contribution in [3.63, 3.8) is 0 Å². The van der Waals surface area contributed by atoms with Crippen LogP contribution in [0.4, 0.5) is 0 Å². The fraction of sp³-hybridized carbons (Fsp3) is 0.667. The fourth-order valence-electron chi connectivity index (χ4n) is 3.19. The second-order valence-electron chi connectivity index (χ2n) is 5.92. The molecule has 1 nitrogen and oxygen atoms in total. The normalized spacial score (nSPS) is 28.9. The zero-order valence-electron chi connectivity index (χ0n) is 10.7. The van der Waals surface area contributed by atoms with E-state index in [9.17, 15) is 4.79 Å². The van der Waals surface area contributed by atoms with Crippen molar-refractivity contribution in [1.29, 1.82) is 0 Å². The smallest absolute Gasteiger partial charge is 0.142 e. The largest absolute Gasteiger partial charge is 0.299 e. The second kappa shape index (κ2) is 3.87. The van der Waals surface area contributed by atoms with E-state index in [1.165, 1.54) is 17.6 Å². The zero-order chi connectivity index (χ0) is 11.9. The predicted octanol–water partition coefficient (Wildman–Crippen LogP) is 4.05. The Labute approximate surface area is 98.6 Å². The summed E-state index contributed by atoms with van der Waals surface area (Å²) in [5.74, 6) is 1.09. The zero-order valence-corrected chi connectivity index (χ0v) is 10.7. The number of allylic oxidation sites excluding steroid dienone is 3. The van der Waals surface area contributed by atoms with E-state index in [-0.39, 0.29) is 5.41 Å². The van der Waals surface area contributed by atoms with Gasteiger partial charge in [0.05, 0.1) is 0 Å². The van der Waals surface area contributed by atoms with E-state index in [4.69, 9.17) is 0 Å². The number of rotatable bonds is 1. The van der Waals surface area contributed by atoms with Crippen molar-refractivity contribution in [3.8, 4) is 0 Å². The SMILES string of the molecule is C=C(C)C1CCC2=C(CCC(=O)C2(C)C)C1. The van der Waals surface area contributed by atoms with E-state index in [1.807, 2.05) is 0 Å². The minimum atomic E-state index is -0.187. The average Bonchev–Trinajstić information content (AvgIpc) is 2.23. The maximum Gasteiger partial charge on any atom is 0.142 e. The molecule has 2 aliphatic rings. The van der Waals surface area contributed by atoms with Gasteiger partial charge in [-0.15, -0.1) is 0 Å². The highest BCUT2D eigenvalue weighted by Crippen LogP contribution is 2.46. The predicted molar refractivity (Wildman–Crippen MR) is 67.2 cm³/mol. The molecular weight excluding hydrogens is 196 g/mol. The van der Waals surface area contributed by atoms with Gasteiger partial charge in [-0.2, -0.15) is 0 Å². The summed E-state index contributed by atoms with van der Waals surface area (Å²) in [5.41, 5.74) is 4.12. The van der Waals surface area contributed by atoms with E-state index in [0.717, 1.165) is 25.7 Å². The molecular formula is C15H22O. The molecule has 1 unspecified atom stereocenters. The molecule has 88 valence electrons. The molecule has 2 rings (SSSR count). The first-order valence-corrected chi connectivity index (χ1v) is 6.33. The van der Waals surface area contributed by atoms with Crippen molar-refractivity contribution >= 4 is 5.78 Å². The monoisotopic (exact) mass is 218 g/mol. The Bertz CT molecular complexity index is 371. The number of carbonyl (C=O) groups excluding carboxylic acids is 1. The van der Waals surface area contributed by atoms with E-state index in [1.54, 1.807) is 5.57 Å². The second-order valence-corrected chi connectivity index (χ2v) is 5.92. The van der Waals surface area contributed by atoms with Gasteiger partial charge in [-0.05, 0) is 52.4 Å². The van der Waals surface area contributed by atoms with Gasteiger partial charge in [0.1, 0.15) is 5.78 Å². The van der Waals surface area contributed by atoms with Crippen LogP contribution in [0.1, 0.15) is 52.9 Å². The third-order valence-corrected chi connectivity index (χ3v) is 4.46. The highest BCUT2D eigenvalue weighted by molar-refractivity contribution is 5.89. The molecule has 0 aromatic carbocycles. The Morgan fingerprint density at radius 2 is 2.00 bits per heavy atom. The minimum absolute atomic E-state index is 0.187. The number of hydrogen-bond acceptors (Lipinski definition) is 1. The topological polar surface area (TPSA) is 17.1 Å². The molecule has 0 aliphatic heterocycles. The van der Waals surface area contributed by atoms with Crippen LogP contribution in [0.15, 0.2) is 23.3 Å². The van der Waals surface area contributed by atoms with Crippen LogP contribution in [0.25, 0.3) is 0 Å². The summed E-state index contributed by atoms with van der Waals surface area (Å²) >= 11 is 0. The average molecular weight is 218 g/mol. The summed E-state index contributed by atoms with van der Waals surface area (Å²) in [6, 6.07) is 0. The van der Waals surface area contributed by atoms with Gasteiger partial charge in [-0.3, -0.25) is 4.79 Å². The Morgan fingerprint density at radius 3 is 2.62 bits per heavy atom. The molecule has 0 spiro atoms. The Morgan fingerprint density at radius 1 is 1.31 bits per heavy atom. The summed E-state index contributed by atoms with van der Waals surface area (Å²) in [5, 5.41) is 0. The van der Waals surface area contributed by atoms with Crippen molar-refractivity contribution in [1.82, 2.24) is 0 Å². The molecule has 16 heavy (non-hydrogen) atoms. The summed E-state index contributed by atoms with van der Waals surface area (Å²) < 4.78 is 0. The Kier molecular flexibility index (Phi) is 2.81. The lowest BCUT2D eigenvalue weighted by atomic mass is 9.65. The molecule has 0 bridgehead atoms. The molecule has 0 radical (unpaired) electrons. The van der Waals surface area contributed by atoms with Gasteiger partial charge in [0.25, 0.3) is 0 Å². The van der Waals surface area contributed by atoms with Crippen molar-refractivity contribution in [3.05, 3.63) is 23.3 Å². The quantitative estimate of drug-likeness (QED) is 0.607. The van der Waals surface area contributed by atoms with Crippen molar-refractivity contribution in [2.45, 2.75) is 52.9 Å². The Balaban J connectivity index is 2.29. The number of hydrogen-bond donors (Lipinski definition) is 0. The van der Waals surface area contributed by atoms with E-state index < -0.39 is 0 Å². The van der Waals surface area contributed by atoms with Gasteiger partial charge in [-0.1, -0.05) is 23.3 Å². The molecule has 2 aliphatic carbocycles. The molecule has 0 saturated carbocycles. The van der Waals surface area contributed by atoms with Crippen LogP contribution in [0.2, 0.25) is 0 Å². The van der Waals surface area contributed by atoms with Gasteiger partial charge in [-0.25, -0.2) is 0 Å². The van der Waals surface area contributed by atoms with Crippen LogP contribution < -0.4 is 0 Å². The summed E-state index contributed by atoms with van der Waals surface area (Å²) in [4.78, 5) is 11.9. The summed E-state index contributed by atoms with van der Waals surface area (Å²) in [6.07, 6.45) is 5.19. The van der Waals surface area contributed by atoms with Gasteiger partial charge in [0.15, 0.2) is 0 Å². The third-order valence-electron chi connectivity index (χ3n) is 4.46. The van der Waals surface area contributed by atoms with Gasteiger partial charge < -0.3 is 0 Å². The lowest BCUT2D eigenvalue weighted by Crippen LogP contribution is -2.33. The highest BCUT2D eigenvalue weighted by atomic mass is 16.1. The number of Topliss-reactive ketones (excluding diaryl/α,β-unsaturated/α-hetero) is 1. The molecule has 0 fully saturated rings. The number of carbonyl (C=O) groups is 1. The lowest BCUT2D eigenvalue weighted by molar-refractivity contribution is -0.126. The fourth-order valence-corrected chi connectivity index (χ4v) is 3.19. The third kappa shape index (κ3) is 1.77. The lowest BCUT2D eigenvalue weighted by Gasteiger charge is -2.39. The summed E-state index contributed by atoms with van der Waals surface area (Å²) in [7, 11) is 0. The molecule has 0 N–H and O–H groups in total. The first-order chi connectivity index (χ1) is 7.43. The van der Waals surface area contributed by atoms with Crippen LogP contribution >= 0.6 is 0 Å². The molecule has 0 heterocycles. The van der Waals surface area contributed by atoms with Crippen LogP contribution in [0.3, 0.4) is 0 Å². The van der Waals surface area contributed by atoms with Crippen LogP contribution in [0.5, 0.6) is 0 Å². The van der Waals surface area contributed by atoms with Gasteiger partial charge in [0.2, 0.25) is 0 Å². The maximum atomic E-state index is 11.9. The molecule has 0 aromatic heterocycles. The molecule has 0 amide bonds. The minimum Gasteiger partial charge on any atom is -0.299 e. The summed E-state index contributed by atoms with van der Waals surface area (Å²) in [6.45, 7) is 10.4. The van der Waals surface area contributed by atoms with Crippen LogP contribution in [0, 0.1) is 11.3 Å².